The summed E-state index contributed by atoms with van der Waals surface area (Å²) in [6.45, 7) is 2.37. The molecule has 1 aromatic carbocycles. The van der Waals surface area contributed by atoms with Crippen molar-refractivity contribution in [2.45, 2.75) is 18.7 Å². The number of pyridine rings is 1. The highest BCUT2D eigenvalue weighted by molar-refractivity contribution is 7.85. The van der Waals surface area contributed by atoms with E-state index in [-0.39, 0.29) is 11.4 Å². The highest BCUT2D eigenvalue weighted by Gasteiger charge is 2.15. The largest absolute Gasteiger partial charge is 0.424 e. The van der Waals surface area contributed by atoms with Crippen LogP contribution in [0.3, 0.4) is 0 Å². The molecule has 1 heterocycles. The molecule has 0 fully saturated rings. The van der Waals surface area contributed by atoms with Crippen LogP contribution in [0.2, 0.25) is 0 Å². The predicted octanol–water partition coefficient (Wildman–Crippen LogP) is 1.90. The number of carbonyl (C=O) groups is 2. The van der Waals surface area contributed by atoms with Crippen molar-refractivity contribution in [1.29, 1.82) is 0 Å². The number of aromatic nitrogens is 1. The van der Waals surface area contributed by atoms with Gasteiger partial charge in [-0.05, 0) is 30.3 Å². The SMILES string of the molecule is CC(=O)Nc1cc(S(=O)(=O)O)ccc1OC(C)=O.c1ccncc1. The first-order chi connectivity index (χ1) is 11.2. The molecule has 8 nitrogen and oxygen atoms in total. The molecule has 0 aliphatic heterocycles. The lowest BCUT2D eigenvalue weighted by molar-refractivity contribution is -0.131. The van der Waals surface area contributed by atoms with Gasteiger partial charge >= 0.3 is 5.97 Å². The molecule has 0 saturated carbocycles. The van der Waals surface area contributed by atoms with E-state index in [9.17, 15) is 18.0 Å². The van der Waals surface area contributed by atoms with Gasteiger partial charge in [0.25, 0.3) is 10.1 Å². The maximum atomic E-state index is 10.9. The molecule has 9 heteroatoms. The molecule has 0 radical (unpaired) electrons. The van der Waals surface area contributed by atoms with E-state index < -0.39 is 26.9 Å². The van der Waals surface area contributed by atoms with Crippen LogP contribution in [0.5, 0.6) is 5.75 Å². The maximum Gasteiger partial charge on any atom is 0.308 e. The Balaban J connectivity index is 0.000000400. The monoisotopic (exact) mass is 352 g/mol. The van der Waals surface area contributed by atoms with Gasteiger partial charge in [0, 0.05) is 26.2 Å². The standard InChI is InChI=1S/C10H11NO6S.C5H5N/c1-6(12)11-9-5-8(18(14,15)16)3-4-10(9)17-7(2)13;1-2-4-6-5-3-1/h3-5H,1-2H3,(H,11,12)(H,14,15,16);1-5H. The Morgan fingerprint density at radius 1 is 1.12 bits per heavy atom. The van der Waals surface area contributed by atoms with E-state index in [0.717, 1.165) is 25.1 Å². The van der Waals surface area contributed by atoms with Gasteiger partial charge in [0.2, 0.25) is 5.91 Å². The lowest BCUT2D eigenvalue weighted by Crippen LogP contribution is -2.11. The predicted molar refractivity (Wildman–Crippen MR) is 86.1 cm³/mol. The number of hydrogen-bond donors (Lipinski definition) is 2. The summed E-state index contributed by atoms with van der Waals surface area (Å²) in [5.41, 5.74) is -0.0205. The minimum absolute atomic E-state index is 0.00917. The van der Waals surface area contributed by atoms with E-state index in [1.54, 1.807) is 12.4 Å². The van der Waals surface area contributed by atoms with Crippen molar-refractivity contribution in [3.63, 3.8) is 0 Å². The average Bonchev–Trinajstić information content (AvgIpc) is 2.49. The Morgan fingerprint density at radius 3 is 2.12 bits per heavy atom. The Hall–Kier alpha value is -2.78. The van der Waals surface area contributed by atoms with Crippen LogP contribution >= 0.6 is 0 Å². The minimum atomic E-state index is -4.40. The lowest BCUT2D eigenvalue weighted by atomic mass is 10.3. The van der Waals surface area contributed by atoms with E-state index in [1.807, 2.05) is 18.2 Å². The van der Waals surface area contributed by atoms with E-state index >= 15 is 0 Å². The van der Waals surface area contributed by atoms with E-state index in [4.69, 9.17) is 9.29 Å². The highest BCUT2D eigenvalue weighted by atomic mass is 32.2. The molecule has 0 aliphatic carbocycles. The van der Waals surface area contributed by atoms with Crippen molar-refractivity contribution >= 4 is 27.7 Å². The van der Waals surface area contributed by atoms with Gasteiger partial charge in [-0.3, -0.25) is 19.1 Å². The zero-order chi connectivity index (χ0) is 18.2. The van der Waals surface area contributed by atoms with Crippen molar-refractivity contribution in [2.75, 3.05) is 5.32 Å². The Kier molecular flexibility index (Phi) is 7.02. The van der Waals surface area contributed by atoms with Gasteiger partial charge in [-0.1, -0.05) is 6.07 Å². The fourth-order valence-electron chi connectivity index (χ4n) is 1.51. The van der Waals surface area contributed by atoms with Crippen molar-refractivity contribution in [3.8, 4) is 5.75 Å². The van der Waals surface area contributed by atoms with Gasteiger partial charge in [0.05, 0.1) is 10.6 Å². The Bertz CT molecular complexity index is 779. The summed E-state index contributed by atoms with van der Waals surface area (Å²) in [5.74, 6) is -1.11. The first-order valence-electron chi connectivity index (χ1n) is 6.62. The number of nitrogens with one attached hydrogen (secondary N) is 1. The topological polar surface area (TPSA) is 123 Å². The molecule has 0 atom stereocenters. The number of benzene rings is 1. The van der Waals surface area contributed by atoms with Crippen LogP contribution in [0.1, 0.15) is 13.8 Å². The Morgan fingerprint density at radius 2 is 1.75 bits per heavy atom. The highest BCUT2D eigenvalue weighted by Crippen LogP contribution is 2.27. The van der Waals surface area contributed by atoms with Gasteiger partial charge < -0.3 is 10.1 Å². The van der Waals surface area contributed by atoms with Gasteiger partial charge in [-0.2, -0.15) is 8.42 Å². The molecular formula is C15H16N2O6S. The molecule has 0 unspecified atom stereocenters. The van der Waals surface area contributed by atoms with E-state index in [0.29, 0.717) is 0 Å². The third-order valence-electron chi connectivity index (χ3n) is 2.38. The summed E-state index contributed by atoms with van der Waals surface area (Å²) in [4.78, 5) is 25.1. The number of ether oxygens (including phenoxy) is 1. The maximum absolute atomic E-state index is 10.9. The second-order valence-electron chi connectivity index (χ2n) is 4.43. The molecule has 0 spiro atoms. The van der Waals surface area contributed by atoms with Crippen molar-refractivity contribution in [3.05, 3.63) is 48.8 Å². The number of carbonyl (C=O) groups excluding carboxylic acids is 2. The van der Waals surface area contributed by atoms with Crippen molar-refractivity contribution < 1.29 is 27.3 Å². The summed E-state index contributed by atoms with van der Waals surface area (Å²) in [6, 6.07) is 8.93. The molecule has 24 heavy (non-hydrogen) atoms. The molecule has 1 aromatic heterocycles. The molecule has 2 rings (SSSR count). The molecule has 128 valence electrons. The number of esters is 1. The summed E-state index contributed by atoms with van der Waals surface area (Å²) in [7, 11) is -4.40. The lowest BCUT2D eigenvalue weighted by Gasteiger charge is -2.10. The fourth-order valence-corrected chi connectivity index (χ4v) is 2.02. The number of amides is 1. The van der Waals surface area contributed by atoms with Gasteiger partial charge in [0.15, 0.2) is 5.75 Å². The first-order valence-corrected chi connectivity index (χ1v) is 8.06. The second kappa shape index (κ2) is 8.75. The summed E-state index contributed by atoms with van der Waals surface area (Å²) >= 11 is 0. The first kappa shape index (κ1) is 19.3. The summed E-state index contributed by atoms with van der Waals surface area (Å²) < 4.78 is 35.5. The zero-order valence-corrected chi connectivity index (χ0v) is 13.8. The number of rotatable bonds is 3. The molecular weight excluding hydrogens is 336 g/mol. The zero-order valence-electron chi connectivity index (χ0n) is 13.0. The number of anilines is 1. The number of hydrogen-bond acceptors (Lipinski definition) is 6. The van der Waals surface area contributed by atoms with Gasteiger partial charge in [-0.25, -0.2) is 0 Å². The van der Waals surface area contributed by atoms with Crippen LogP contribution in [0.15, 0.2) is 53.7 Å². The van der Waals surface area contributed by atoms with Crippen molar-refractivity contribution in [1.82, 2.24) is 4.98 Å². The molecule has 1 amide bonds. The smallest absolute Gasteiger partial charge is 0.308 e. The Labute approximate surface area is 139 Å². The minimum Gasteiger partial charge on any atom is -0.424 e. The van der Waals surface area contributed by atoms with Crippen LogP contribution in [-0.4, -0.2) is 29.8 Å². The van der Waals surface area contributed by atoms with Crippen LogP contribution in [0.4, 0.5) is 5.69 Å². The van der Waals surface area contributed by atoms with Crippen LogP contribution < -0.4 is 10.1 Å². The normalized spacial score (nSPS) is 10.1. The molecule has 2 N–H and O–H groups in total. The molecule has 0 saturated heterocycles. The number of nitrogens with zero attached hydrogens (tertiary/aromatic N) is 1. The molecule has 0 bridgehead atoms. The van der Waals surface area contributed by atoms with Crippen LogP contribution in [0, 0.1) is 0 Å². The fraction of sp³-hybridized carbons (Fsp3) is 0.133. The third-order valence-corrected chi connectivity index (χ3v) is 3.23. The van der Waals surface area contributed by atoms with Gasteiger partial charge in [-0.15, -0.1) is 0 Å². The quantitative estimate of drug-likeness (QED) is 0.491. The molecule has 0 aliphatic rings. The third kappa shape index (κ3) is 6.99. The van der Waals surface area contributed by atoms with E-state index in [2.05, 4.69) is 10.3 Å². The molecule has 2 aromatic rings. The van der Waals surface area contributed by atoms with E-state index in [1.165, 1.54) is 6.92 Å². The van der Waals surface area contributed by atoms with Gasteiger partial charge in [0.1, 0.15) is 0 Å². The average molecular weight is 352 g/mol. The second-order valence-corrected chi connectivity index (χ2v) is 5.85. The van der Waals surface area contributed by atoms with Crippen molar-refractivity contribution in [2.24, 2.45) is 0 Å². The summed E-state index contributed by atoms with van der Waals surface area (Å²) in [6.07, 6.45) is 3.50. The van der Waals surface area contributed by atoms with Crippen LogP contribution in [-0.2, 0) is 19.7 Å². The summed E-state index contributed by atoms with van der Waals surface area (Å²) in [5, 5.41) is 2.30. The van der Waals surface area contributed by atoms with Crippen LogP contribution in [0.25, 0.3) is 0 Å².